The SMILES string of the molecule is CCCN=C(N)N.CNCCn1cccc1.COc1cccc(-c2nc3cc(C=O)ccc3n2CC(N)=O)c1. The van der Waals surface area contributed by atoms with Gasteiger partial charge in [0.2, 0.25) is 5.91 Å². The summed E-state index contributed by atoms with van der Waals surface area (Å²) in [6.45, 7) is 4.86. The van der Waals surface area contributed by atoms with E-state index in [0.717, 1.165) is 43.4 Å². The molecule has 2 heterocycles. The Hall–Kier alpha value is -4.64. The lowest BCUT2D eigenvalue weighted by Gasteiger charge is -2.08. The molecule has 1 amide bonds. The number of primary amides is 1. The van der Waals surface area contributed by atoms with Crippen LogP contribution in [-0.4, -0.2) is 59.5 Å². The Morgan fingerprint density at radius 3 is 2.41 bits per heavy atom. The molecule has 11 nitrogen and oxygen atoms in total. The number of rotatable bonds is 10. The second kappa shape index (κ2) is 16.3. The molecule has 0 spiro atoms. The Labute approximate surface area is 228 Å². The van der Waals surface area contributed by atoms with Gasteiger partial charge in [0, 0.05) is 43.2 Å². The van der Waals surface area contributed by atoms with E-state index in [1.807, 2.05) is 50.4 Å². The quantitative estimate of drug-likeness (QED) is 0.138. The van der Waals surface area contributed by atoms with Crippen molar-refractivity contribution in [3.63, 3.8) is 0 Å². The molecule has 0 bridgehead atoms. The average Bonchev–Trinajstić information content (AvgIpc) is 3.59. The minimum Gasteiger partial charge on any atom is -0.497 e. The summed E-state index contributed by atoms with van der Waals surface area (Å²) in [5.41, 5.74) is 18.1. The van der Waals surface area contributed by atoms with Crippen molar-refractivity contribution in [3.8, 4) is 17.1 Å². The number of ether oxygens (including phenoxy) is 1. The van der Waals surface area contributed by atoms with Gasteiger partial charge in [-0.1, -0.05) is 19.1 Å². The highest BCUT2D eigenvalue weighted by molar-refractivity contribution is 5.88. The first-order valence-electron chi connectivity index (χ1n) is 12.5. The van der Waals surface area contributed by atoms with Crippen molar-refractivity contribution in [1.29, 1.82) is 0 Å². The molecule has 0 atom stereocenters. The second-order valence-electron chi connectivity index (χ2n) is 8.42. The van der Waals surface area contributed by atoms with Gasteiger partial charge in [-0.25, -0.2) is 4.98 Å². The van der Waals surface area contributed by atoms with E-state index >= 15 is 0 Å². The molecule has 0 saturated carbocycles. The molecule has 0 aliphatic heterocycles. The van der Waals surface area contributed by atoms with Crippen LogP contribution in [0.4, 0.5) is 0 Å². The zero-order valence-corrected chi connectivity index (χ0v) is 22.7. The van der Waals surface area contributed by atoms with Gasteiger partial charge < -0.3 is 36.4 Å². The van der Waals surface area contributed by atoms with Crippen LogP contribution in [-0.2, 0) is 17.9 Å². The van der Waals surface area contributed by atoms with Gasteiger partial charge in [-0.3, -0.25) is 14.6 Å². The molecule has 0 aliphatic rings. The van der Waals surface area contributed by atoms with Gasteiger partial charge in [-0.15, -0.1) is 0 Å². The standard InChI is InChI=1S/C17H15N3O3.C7H12N2.C4H11N3/c1-23-13-4-2-3-12(8-13)17-19-14-7-11(10-21)5-6-15(14)20(17)9-16(18)22;1-8-4-7-9-5-2-3-6-9;1-2-3-7-4(5)6/h2-8,10H,9H2,1H3,(H2,18,22);2-3,5-6,8H,4,7H2,1H3;2-3H2,1H3,(H4,5,6,7). The van der Waals surface area contributed by atoms with Crippen molar-refractivity contribution < 1.29 is 14.3 Å². The largest absolute Gasteiger partial charge is 0.497 e. The highest BCUT2D eigenvalue weighted by Gasteiger charge is 2.15. The minimum absolute atomic E-state index is 0.00345. The van der Waals surface area contributed by atoms with Gasteiger partial charge in [0.05, 0.1) is 18.1 Å². The number of fused-ring (bicyclic) bond motifs is 1. The first kappa shape index (κ1) is 30.6. The molecule has 0 unspecified atom stereocenters. The number of aromatic nitrogens is 3. The predicted molar refractivity (Wildman–Crippen MR) is 156 cm³/mol. The van der Waals surface area contributed by atoms with E-state index in [0.29, 0.717) is 22.7 Å². The van der Waals surface area contributed by atoms with Gasteiger partial charge in [0.15, 0.2) is 5.96 Å². The normalized spacial score (nSPS) is 10.0. The van der Waals surface area contributed by atoms with E-state index in [1.54, 1.807) is 29.9 Å². The number of aldehydes is 1. The molecule has 208 valence electrons. The fraction of sp³-hybridized carbons (Fsp3) is 0.286. The lowest BCUT2D eigenvalue weighted by molar-refractivity contribution is -0.118. The molecule has 2 aromatic carbocycles. The number of carbonyl (C=O) groups excluding carboxylic acids is 2. The molecular weight excluding hydrogens is 496 g/mol. The second-order valence-corrected chi connectivity index (χ2v) is 8.42. The maximum atomic E-state index is 11.4. The monoisotopic (exact) mass is 534 g/mol. The van der Waals surface area contributed by atoms with Gasteiger partial charge in [-0.2, -0.15) is 0 Å². The molecule has 7 N–H and O–H groups in total. The molecule has 0 radical (unpaired) electrons. The van der Waals surface area contributed by atoms with Gasteiger partial charge in [0.25, 0.3) is 0 Å². The number of methoxy groups -OCH3 is 1. The van der Waals surface area contributed by atoms with Crippen LogP contribution in [0.15, 0.2) is 72.0 Å². The van der Waals surface area contributed by atoms with Crippen LogP contribution >= 0.6 is 0 Å². The number of hydrogen-bond donors (Lipinski definition) is 4. The zero-order valence-electron chi connectivity index (χ0n) is 22.7. The summed E-state index contributed by atoms with van der Waals surface area (Å²) in [6, 6.07) is 16.6. The van der Waals surface area contributed by atoms with Crippen molar-refractivity contribution in [1.82, 2.24) is 19.4 Å². The summed E-state index contributed by atoms with van der Waals surface area (Å²) in [7, 11) is 3.55. The van der Waals surface area contributed by atoms with Crippen molar-refractivity contribution in [2.45, 2.75) is 26.4 Å². The van der Waals surface area contributed by atoms with E-state index in [2.05, 4.69) is 32.3 Å². The van der Waals surface area contributed by atoms with Crippen LogP contribution in [0.3, 0.4) is 0 Å². The van der Waals surface area contributed by atoms with Crippen LogP contribution in [0.5, 0.6) is 5.75 Å². The highest BCUT2D eigenvalue weighted by Crippen LogP contribution is 2.27. The molecule has 0 fully saturated rings. The molecule has 2 aromatic heterocycles. The van der Waals surface area contributed by atoms with Gasteiger partial charge >= 0.3 is 0 Å². The van der Waals surface area contributed by atoms with Crippen molar-refractivity contribution in [2.24, 2.45) is 22.2 Å². The number of nitrogens with two attached hydrogens (primary N) is 3. The molecule has 0 saturated heterocycles. The predicted octanol–water partition coefficient (Wildman–Crippen LogP) is 2.39. The summed E-state index contributed by atoms with van der Waals surface area (Å²) in [5.74, 6) is 1.00. The number of likely N-dealkylation sites (N-methyl/N-ethyl adjacent to an activating group) is 1. The van der Waals surface area contributed by atoms with E-state index in [-0.39, 0.29) is 12.5 Å². The molecule has 4 rings (SSSR count). The highest BCUT2D eigenvalue weighted by atomic mass is 16.5. The van der Waals surface area contributed by atoms with Gasteiger partial charge in [-0.05, 0) is 55.9 Å². The third-order valence-corrected chi connectivity index (χ3v) is 5.35. The maximum absolute atomic E-state index is 11.4. The smallest absolute Gasteiger partial charge is 0.237 e. The van der Waals surface area contributed by atoms with Crippen LogP contribution in [0, 0.1) is 0 Å². The third kappa shape index (κ3) is 9.97. The number of amides is 1. The molecule has 39 heavy (non-hydrogen) atoms. The summed E-state index contributed by atoms with van der Waals surface area (Å²) >= 11 is 0. The number of benzene rings is 2. The number of nitrogens with zero attached hydrogens (tertiary/aromatic N) is 4. The van der Waals surface area contributed by atoms with Crippen LogP contribution in [0.25, 0.3) is 22.4 Å². The summed E-state index contributed by atoms with van der Waals surface area (Å²) in [4.78, 5) is 30.7. The average molecular weight is 535 g/mol. The molecule has 4 aromatic rings. The molecular formula is C28H38N8O3. The number of aliphatic imine (C=N–C) groups is 1. The fourth-order valence-electron chi connectivity index (χ4n) is 3.52. The first-order chi connectivity index (χ1) is 18.8. The summed E-state index contributed by atoms with van der Waals surface area (Å²) in [6.07, 6.45) is 5.89. The maximum Gasteiger partial charge on any atom is 0.237 e. The van der Waals surface area contributed by atoms with Crippen LogP contribution in [0.1, 0.15) is 23.7 Å². The van der Waals surface area contributed by atoms with E-state index in [9.17, 15) is 9.59 Å². The Morgan fingerprint density at radius 1 is 1.10 bits per heavy atom. The minimum atomic E-state index is -0.465. The van der Waals surface area contributed by atoms with E-state index in [1.165, 1.54) is 0 Å². The topological polar surface area (TPSA) is 169 Å². The van der Waals surface area contributed by atoms with Crippen molar-refractivity contribution in [2.75, 3.05) is 27.2 Å². The fourth-order valence-corrected chi connectivity index (χ4v) is 3.52. The Morgan fingerprint density at radius 2 is 1.85 bits per heavy atom. The van der Waals surface area contributed by atoms with Crippen LogP contribution < -0.4 is 27.3 Å². The third-order valence-electron chi connectivity index (χ3n) is 5.35. The van der Waals surface area contributed by atoms with Gasteiger partial charge in [0.1, 0.15) is 24.4 Å². The Kier molecular flexibility index (Phi) is 12.7. The number of nitrogens with one attached hydrogen (secondary N) is 1. The summed E-state index contributed by atoms with van der Waals surface area (Å²) in [5, 5.41) is 3.09. The number of carbonyl (C=O) groups is 2. The molecule has 11 heteroatoms. The zero-order chi connectivity index (χ0) is 28.6. The van der Waals surface area contributed by atoms with Crippen LogP contribution in [0.2, 0.25) is 0 Å². The number of imidazole rings is 1. The van der Waals surface area contributed by atoms with E-state index < -0.39 is 5.91 Å². The number of hydrogen-bond acceptors (Lipinski definition) is 6. The molecule has 0 aliphatic carbocycles. The number of guanidine groups is 1. The van der Waals surface area contributed by atoms with Crippen molar-refractivity contribution >= 4 is 29.2 Å². The lowest BCUT2D eigenvalue weighted by Crippen LogP contribution is -2.22. The summed E-state index contributed by atoms with van der Waals surface area (Å²) < 4.78 is 9.12. The first-order valence-corrected chi connectivity index (χ1v) is 12.5. The Bertz CT molecular complexity index is 1340. The lowest BCUT2D eigenvalue weighted by atomic mass is 10.2. The van der Waals surface area contributed by atoms with Crippen molar-refractivity contribution in [3.05, 3.63) is 72.6 Å². The van der Waals surface area contributed by atoms with E-state index in [4.69, 9.17) is 21.9 Å². The Balaban J connectivity index is 0.000000273.